The number of nitrogens with one attached hydrogen (secondary N) is 1. The number of carbonyl (C=O) groups excluding carboxylic acids is 2. The largest absolute Gasteiger partial charge is 0.354 e. The first kappa shape index (κ1) is 17.8. The van der Waals surface area contributed by atoms with E-state index in [4.69, 9.17) is 0 Å². The van der Waals surface area contributed by atoms with Crippen molar-refractivity contribution in [2.45, 2.75) is 38.6 Å². The number of amides is 2. The van der Waals surface area contributed by atoms with Crippen LogP contribution < -0.4 is 10.2 Å². The summed E-state index contributed by atoms with van der Waals surface area (Å²) in [5.74, 6) is 0.650. The Morgan fingerprint density at radius 1 is 1.43 bits per heavy atom. The molecule has 1 aliphatic heterocycles. The van der Waals surface area contributed by atoms with Crippen LogP contribution in [0.15, 0.2) is 18.2 Å². The highest BCUT2D eigenvalue weighted by atomic mass is 32.2. The molecule has 2 amide bonds. The Bertz CT molecular complexity index is 580. The van der Waals surface area contributed by atoms with Crippen molar-refractivity contribution in [3.8, 4) is 0 Å². The molecule has 0 spiro atoms. The highest BCUT2D eigenvalue weighted by molar-refractivity contribution is 7.98. The third kappa shape index (κ3) is 4.96. The maximum atomic E-state index is 13.3. The molecule has 0 aliphatic carbocycles. The number of rotatable bonds is 7. The van der Waals surface area contributed by atoms with E-state index in [1.54, 1.807) is 22.7 Å². The lowest BCUT2D eigenvalue weighted by Gasteiger charge is -2.29. The highest BCUT2D eigenvalue weighted by Gasteiger charge is 2.24. The molecule has 1 N–H and O–H groups in total. The van der Waals surface area contributed by atoms with E-state index in [1.165, 1.54) is 12.1 Å². The van der Waals surface area contributed by atoms with E-state index in [1.807, 2.05) is 13.2 Å². The summed E-state index contributed by atoms with van der Waals surface area (Å²) >= 11 is 1.75. The van der Waals surface area contributed by atoms with Gasteiger partial charge in [0.15, 0.2) is 0 Å². The average molecular weight is 338 g/mol. The van der Waals surface area contributed by atoms with Gasteiger partial charge in [-0.1, -0.05) is 0 Å². The minimum Gasteiger partial charge on any atom is -0.354 e. The predicted molar refractivity (Wildman–Crippen MR) is 92.3 cm³/mol. The van der Waals surface area contributed by atoms with E-state index >= 15 is 0 Å². The lowest BCUT2D eigenvalue weighted by atomic mass is 10.0. The Hall–Kier alpha value is -1.56. The molecule has 2 rings (SSSR count). The molecule has 0 saturated heterocycles. The molecule has 1 aromatic rings. The van der Waals surface area contributed by atoms with Gasteiger partial charge in [-0.15, -0.1) is 0 Å². The fraction of sp³-hybridized carbons (Fsp3) is 0.529. The van der Waals surface area contributed by atoms with Crippen molar-refractivity contribution in [1.29, 1.82) is 0 Å². The van der Waals surface area contributed by atoms with Crippen molar-refractivity contribution >= 4 is 29.3 Å². The summed E-state index contributed by atoms with van der Waals surface area (Å²) in [5.41, 5.74) is 1.56. The summed E-state index contributed by atoms with van der Waals surface area (Å²) in [6.45, 7) is 2.32. The minimum atomic E-state index is -0.293. The Balaban J connectivity index is 1.92. The number of aryl methyl sites for hydroxylation is 1. The van der Waals surface area contributed by atoms with Crippen LogP contribution in [0, 0.1) is 5.82 Å². The van der Waals surface area contributed by atoms with Gasteiger partial charge in [0.25, 0.3) is 0 Å². The molecule has 1 heterocycles. The summed E-state index contributed by atoms with van der Waals surface area (Å²) < 4.78 is 13.3. The number of nitrogens with zero attached hydrogens (tertiary/aromatic N) is 1. The summed E-state index contributed by atoms with van der Waals surface area (Å²) in [6.07, 6.45) is 4.14. The first-order valence-corrected chi connectivity index (χ1v) is 9.27. The number of benzene rings is 1. The van der Waals surface area contributed by atoms with Crippen LogP contribution >= 0.6 is 11.8 Å². The molecule has 4 nitrogen and oxygen atoms in total. The normalized spacial score (nSPS) is 15.3. The van der Waals surface area contributed by atoms with Crippen LogP contribution in [-0.2, 0) is 16.0 Å². The lowest BCUT2D eigenvalue weighted by molar-refractivity contribution is -0.121. The van der Waals surface area contributed by atoms with Crippen molar-refractivity contribution < 1.29 is 14.0 Å². The van der Waals surface area contributed by atoms with E-state index in [2.05, 4.69) is 5.32 Å². The predicted octanol–water partition coefficient (Wildman–Crippen LogP) is 2.75. The SMILES string of the molecule is CSCC[C@H](C)NC(=O)CCN1C(=O)CCc2cc(F)ccc21. The molecule has 1 aliphatic rings. The van der Waals surface area contributed by atoms with Gasteiger partial charge < -0.3 is 10.2 Å². The number of anilines is 1. The molecule has 23 heavy (non-hydrogen) atoms. The smallest absolute Gasteiger partial charge is 0.227 e. The number of carbonyl (C=O) groups is 2. The van der Waals surface area contributed by atoms with Gasteiger partial charge in [-0.2, -0.15) is 11.8 Å². The molecule has 0 unspecified atom stereocenters. The van der Waals surface area contributed by atoms with Crippen LogP contribution in [0.2, 0.25) is 0 Å². The third-order valence-corrected chi connectivity index (χ3v) is 4.61. The summed E-state index contributed by atoms with van der Waals surface area (Å²) in [6, 6.07) is 4.59. The van der Waals surface area contributed by atoms with E-state index in [-0.39, 0.29) is 30.1 Å². The molecule has 1 aromatic carbocycles. The van der Waals surface area contributed by atoms with Crippen molar-refractivity contribution in [2.24, 2.45) is 0 Å². The fourth-order valence-corrected chi connectivity index (χ4v) is 3.29. The fourth-order valence-electron chi connectivity index (χ4n) is 2.70. The van der Waals surface area contributed by atoms with Gasteiger partial charge in [-0.25, -0.2) is 4.39 Å². The van der Waals surface area contributed by atoms with Gasteiger partial charge in [0, 0.05) is 31.1 Å². The zero-order valence-electron chi connectivity index (χ0n) is 13.6. The van der Waals surface area contributed by atoms with E-state index < -0.39 is 0 Å². The first-order chi connectivity index (χ1) is 11.0. The number of hydrogen-bond donors (Lipinski definition) is 1. The van der Waals surface area contributed by atoms with Crippen molar-refractivity contribution in [2.75, 3.05) is 23.5 Å². The number of halogens is 1. The molecule has 6 heteroatoms. The molecule has 0 saturated carbocycles. The molecule has 0 radical (unpaired) electrons. The van der Waals surface area contributed by atoms with Gasteiger partial charge >= 0.3 is 0 Å². The van der Waals surface area contributed by atoms with Crippen LogP contribution in [-0.4, -0.2) is 36.4 Å². The minimum absolute atomic E-state index is 0.00709. The second-order valence-electron chi connectivity index (χ2n) is 5.82. The number of fused-ring (bicyclic) bond motifs is 1. The molecule has 126 valence electrons. The summed E-state index contributed by atoms with van der Waals surface area (Å²) in [5, 5.41) is 2.95. The van der Waals surface area contributed by atoms with Crippen molar-refractivity contribution in [3.05, 3.63) is 29.6 Å². The molecular weight excluding hydrogens is 315 g/mol. The summed E-state index contributed by atoms with van der Waals surface area (Å²) in [7, 11) is 0. The number of thioether (sulfide) groups is 1. The monoisotopic (exact) mass is 338 g/mol. The first-order valence-electron chi connectivity index (χ1n) is 7.88. The molecule has 1 atom stereocenters. The maximum Gasteiger partial charge on any atom is 0.227 e. The second kappa shape index (κ2) is 8.34. The van der Waals surface area contributed by atoms with E-state index in [9.17, 15) is 14.0 Å². The van der Waals surface area contributed by atoms with Crippen LogP contribution in [0.4, 0.5) is 10.1 Å². The molecule has 0 aromatic heterocycles. The van der Waals surface area contributed by atoms with Crippen LogP contribution in [0.25, 0.3) is 0 Å². The van der Waals surface area contributed by atoms with E-state index in [0.29, 0.717) is 19.4 Å². The molecule has 0 fully saturated rings. The quantitative estimate of drug-likeness (QED) is 0.832. The summed E-state index contributed by atoms with van der Waals surface area (Å²) in [4.78, 5) is 25.7. The second-order valence-corrected chi connectivity index (χ2v) is 6.80. The van der Waals surface area contributed by atoms with Gasteiger partial charge in [0.1, 0.15) is 5.82 Å². The zero-order chi connectivity index (χ0) is 16.8. The van der Waals surface area contributed by atoms with Crippen LogP contribution in [0.5, 0.6) is 0 Å². The van der Waals surface area contributed by atoms with E-state index in [0.717, 1.165) is 23.4 Å². The third-order valence-electron chi connectivity index (χ3n) is 3.97. The van der Waals surface area contributed by atoms with Gasteiger partial charge in [0.2, 0.25) is 11.8 Å². The average Bonchev–Trinajstić information content (AvgIpc) is 2.52. The Morgan fingerprint density at radius 3 is 2.96 bits per heavy atom. The Morgan fingerprint density at radius 2 is 2.22 bits per heavy atom. The van der Waals surface area contributed by atoms with Gasteiger partial charge in [-0.05, 0) is 55.5 Å². The van der Waals surface area contributed by atoms with Crippen LogP contribution in [0.3, 0.4) is 0 Å². The lowest BCUT2D eigenvalue weighted by Crippen LogP contribution is -2.40. The van der Waals surface area contributed by atoms with Crippen LogP contribution in [0.1, 0.15) is 31.7 Å². The zero-order valence-corrected chi connectivity index (χ0v) is 14.4. The molecule has 0 bridgehead atoms. The van der Waals surface area contributed by atoms with Gasteiger partial charge in [-0.3, -0.25) is 9.59 Å². The standard InChI is InChI=1S/C17H23FN2O2S/c1-12(8-10-23-2)19-16(21)7-9-20-15-5-4-14(18)11-13(15)3-6-17(20)22/h4-5,11-12H,3,6-10H2,1-2H3,(H,19,21)/t12-/m0/s1. The number of hydrogen-bond acceptors (Lipinski definition) is 3. The molecular formula is C17H23FN2O2S. The highest BCUT2D eigenvalue weighted by Crippen LogP contribution is 2.28. The maximum absolute atomic E-state index is 13.3. The Kier molecular flexibility index (Phi) is 6.45. The topological polar surface area (TPSA) is 49.4 Å². The van der Waals surface area contributed by atoms with Crippen molar-refractivity contribution in [3.63, 3.8) is 0 Å². The Labute approximate surface area is 140 Å². The van der Waals surface area contributed by atoms with Crippen molar-refractivity contribution in [1.82, 2.24) is 5.32 Å². The van der Waals surface area contributed by atoms with Gasteiger partial charge in [0.05, 0.1) is 0 Å².